The van der Waals surface area contributed by atoms with Crippen molar-refractivity contribution in [1.29, 1.82) is 0 Å². The van der Waals surface area contributed by atoms with Crippen molar-refractivity contribution in [3.05, 3.63) is 64.7 Å². The van der Waals surface area contributed by atoms with E-state index in [1.165, 1.54) is 0 Å². The van der Waals surface area contributed by atoms with E-state index in [9.17, 15) is 4.39 Å². The molecule has 0 saturated carbocycles. The summed E-state index contributed by atoms with van der Waals surface area (Å²) in [5.41, 5.74) is 6.06. The summed E-state index contributed by atoms with van der Waals surface area (Å²) in [6, 6.07) is 11.3. The molecule has 0 radical (unpaired) electrons. The van der Waals surface area contributed by atoms with Gasteiger partial charge in [0.1, 0.15) is 0 Å². The fraction of sp³-hybridized carbons (Fsp3) is 0.238. The zero-order valence-corrected chi connectivity index (χ0v) is 17.1. The molecule has 4 rings (SSSR count). The average Bonchev–Trinajstić information content (AvgIpc) is 2.76. The molecule has 3 aromatic rings. The Morgan fingerprint density at radius 3 is 2.77 bits per heavy atom. The van der Waals surface area contributed by atoms with Crippen LogP contribution in [0.1, 0.15) is 11.3 Å². The van der Waals surface area contributed by atoms with Gasteiger partial charge in [-0.2, -0.15) is 10.1 Å². The molecule has 2 aromatic heterocycles. The quantitative estimate of drug-likeness (QED) is 0.492. The van der Waals surface area contributed by atoms with Crippen molar-refractivity contribution in [1.82, 2.24) is 15.0 Å². The molecule has 1 aliphatic heterocycles. The third-order valence-corrected chi connectivity index (χ3v) is 4.96. The molecule has 1 fully saturated rings. The third kappa shape index (κ3) is 4.55. The van der Waals surface area contributed by atoms with Crippen molar-refractivity contribution in [3.8, 4) is 11.3 Å². The molecular weight excluding hydrogens is 407 g/mol. The lowest BCUT2D eigenvalue weighted by atomic mass is 10.0. The second-order valence-corrected chi connectivity index (χ2v) is 7.12. The van der Waals surface area contributed by atoms with Crippen molar-refractivity contribution < 1.29 is 9.13 Å². The van der Waals surface area contributed by atoms with E-state index in [0.29, 0.717) is 37.0 Å². The van der Waals surface area contributed by atoms with Gasteiger partial charge in [0.15, 0.2) is 11.6 Å². The van der Waals surface area contributed by atoms with Crippen molar-refractivity contribution in [3.63, 3.8) is 0 Å². The van der Waals surface area contributed by atoms with Gasteiger partial charge in [-0.15, -0.1) is 0 Å². The highest BCUT2D eigenvalue weighted by molar-refractivity contribution is 6.33. The van der Waals surface area contributed by atoms with Crippen LogP contribution in [0.25, 0.3) is 11.3 Å². The van der Waals surface area contributed by atoms with Gasteiger partial charge in [0.2, 0.25) is 5.95 Å². The fourth-order valence-electron chi connectivity index (χ4n) is 3.18. The lowest BCUT2D eigenvalue weighted by Crippen LogP contribution is -2.37. The molecule has 1 saturated heterocycles. The van der Waals surface area contributed by atoms with E-state index >= 15 is 0 Å². The van der Waals surface area contributed by atoms with Gasteiger partial charge in [0.25, 0.3) is 0 Å². The van der Waals surface area contributed by atoms with E-state index in [-0.39, 0.29) is 11.8 Å². The highest BCUT2D eigenvalue weighted by atomic mass is 35.5. The van der Waals surface area contributed by atoms with Crippen LogP contribution in [0.15, 0.2) is 47.7 Å². The number of nitrogens with zero attached hydrogens (tertiary/aromatic N) is 5. The van der Waals surface area contributed by atoms with E-state index < -0.39 is 5.82 Å². The molecule has 1 aromatic carbocycles. The molecule has 154 valence electrons. The highest BCUT2D eigenvalue weighted by Gasteiger charge is 2.17. The van der Waals surface area contributed by atoms with Crippen molar-refractivity contribution in [2.45, 2.75) is 6.92 Å². The SMILES string of the molecule is Cc1cccc(Cl)c1-c1cccc(/C=N\Nc2ncc(F)c(N3CCOCC3)n2)n1. The number of hydrogen-bond donors (Lipinski definition) is 1. The molecule has 0 unspecified atom stereocenters. The standard InChI is InChI=1S/C21H20ClFN6O/c1-14-4-2-6-16(22)19(14)18-7-3-5-15(26-18)12-25-28-21-24-13-17(23)20(27-21)29-8-10-30-11-9-29/h2-7,12-13H,8-11H2,1H3,(H,24,27,28)/b25-12-. The predicted molar refractivity (Wildman–Crippen MR) is 116 cm³/mol. The molecule has 7 nitrogen and oxygen atoms in total. The van der Waals surface area contributed by atoms with Gasteiger partial charge in [0.05, 0.1) is 42.0 Å². The Balaban J connectivity index is 1.50. The summed E-state index contributed by atoms with van der Waals surface area (Å²) in [5.74, 6) is -0.0385. The van der Waals surface area contributed by atoms with Crippen molar-refractivity contribution in [2.24, 2.45) is 5.10 Å². The fourth-order valence-corrected chi connectivity index (χ4v) is 3.50. The van der Waals surface area contributed by atoms with Crippen LogP contribution in [-0.4, -0.2) is 47.5 Å². The summed E-state index contributed by atoms with van der Waals surface area (Å²) in [6.07, 6.45) is 2.69. The number of ether oxygens (including phenoxy) is 1. The Kier molecular flexibility index (Phi) is 6.15. The minimum Gasteiger partial charge on any atom is -0.378 e. The van der Waals surface area contributed by atoms with Crippen LogP contribution in [0.3, 0.4) is 0 Å². The predicted octanol–water partition coefficient (Wildman–Crippen LogP) is 3.92. The first-order valence-corrected chi connectivity index (χ1v) is 9.86. The summed E-state index contributed by atoms with van der Waals surface area (Å²) >= 11 is 6.35. The van der Waals surface area contributed by atoms with Crippen molar-refractivity contribution >= 4 is 29.6 Å². The Morgan fingerprint density at radius 2 is 1.97 bits per heavy atom. The van der Waals surface area contributed by atoms with E-state index in [2.05, 4.69) is 25.5 Å². The number of aryl methyl sites for hydroxylation is 1. The second kappa shape index (κ2) is 9.15. The summed E-state index contributed by atoms with van der Waals surface area (Å²) < 4.78 is 19.4. The van der Waals surface area contributed by atoms with Crippen LogP contribution in [0.5, 0.6) is 0 Å². The highest BCUT2D eigenvalue weighted by Crippen LogP contribution is 2.29. The lowest BCUT2D eigenvalue weighted by molar-refractivity contribution is 0.122. The number of rotatable bonds is 5. The first-order valence-electron chi connectivity index (χ1n) is 9.48. The molecule has 0 atom stereocenters. The van der Waals surface area contributed by atoms with Gasteiger partial charge in [-0.05, 0) is 30.7 Å². The normalized spacial score (nSPS) is 14.3. The van der Waals surface area contributed by atoms with Crippen LogP contribution in [0.4, 0.5) is 16.2 Å². The largest absolute Gasteiger partial charge is 0.378 e. The number of anilines is 2. The molecule has 3 heterocycles. The average molecular weight is 427 g/mol. The Labute approximate surface area is 178 Å². The Bertz CT molecular complexity index is 1050. The van der Waals surface area contributed by atoms with E-state index in [1.54, 1.807) is 6.21 Å². The maximum atomic E-state index is 14.1. The number of pyridine rings is 1. The summed E-state index contributed by atoms with van der Waals surface area (Å²) in [6.45, 7) is 4.22. The van der Waals surface area contributed by atoms with E-state index in [0.717, 1.165) is 23.0 Å². The van der Waals surface area contributed by atoms with Crippen molar-refractivity contribution in [2.75, 3.05) is 36.6 Å². The number of hydrogen-bond acceptors (Lipinski definition) is 7. The zero-order chi connectivity index (χ0) is 20.9. The van der Waals surface area contributed by atoms with Crippen LogP contribution >= 0.6 is 11.6 Å². The minimum atomic E-state index is -0.476. The molecule has 0 amide bonds. The van der Waals surface area contributed by atoms with Gasteiger partial charge in [0, 0.05) is 18.7 Å². The monoisotopic (exact) mass is 426 g/mol. The van der Waals surface area contributed by atoms with Gasteiger partial charge in [-0.1, -0.05) is 29.8 Å². The van der Waals surface area contributed by atoms with Crippen LogP contribution in [0, 0.1) is 12.7 Å². The number of benzene rings is 1. The molecule has 1 aliphatic rings. The van der Waals surface area contributed by atoms with Crippen LogP contribution in [0.2, 0.25) is 5.02 Å². The molecule has 1 N–H and O–H groups in total. The Hall–Kier alpha value is -3.10. The van der Waals surface area contributed by atoms with E-state index in [4.69, 9.17) is 16.3 Å². The molecular formula is C21H20ClFN6O. The number of halogens is 2. The number of hydrazone groups is 1. The van der Waals surface area contributed by atoms with E-state index in [1.807, 2.05) is 48.2 Å². The first-order chi connectivity index (χ1) is 14.6. The second-order valence-electron chi connectivity index (χ2n) is 6.71. The number of nitrogens with one attached hydrogen (secondary N) is 1. The maximum Gasteiger partial charge on any atom is 0.245 e. The van der Waals surface area contributed by atoms with Crippen LogP contribution < -0.4 is 10.3 Å². The molecule has 0 bridgehead atoms. The molecule has 0 spiro atoms. The lowest BCUT2D eigenvalue weighted by Gasteiger charge is -2.27. The third-order valence-electron chi connectivity index (χ3n) is 4.65. The molecule has 9 heteroatoms. The summed E-state index contributed by atoms with van der Waals surface area (Å²) in [5, 5.41) is 4.79. The van der Waals surface area contributed by atoms with Gasteiger partial charge in [-0.3, -0.25) is 0 Å². The number of morpholine rings is 1. The number of aromatic nitrogens is 3. The smallest absolute Gasteiger partial charge is 0.245 e. The van der Waals surface area contributed by atoms with Crippen LogP contribution in [-0.2, 0) is 4.74 Å². The maximum absolute atomic E-state index is 14.1. The summed E-state index contributed by atoms with van der Waals surface area (Å²) in [4.78, 5) is 14.6. The topological polar surface area (TPSA) is 75.5 Å². The first kappa shape index (κ1) is 20.2. The summed E-state index contributed by atoms with van der Waals surface area (Å²) in [7, 11) is 0. The van der Waals surface area contributed by atoms with Gasteiger partial charge < -0.3 is 9.64 Å². The Morgan fingerprint density at radius 1 is 1.17 bits per heavy atom. The minimum absolute atomic E-state index is 0.201. The van der Waals surface area contributed by atoms with Gasteiger partial charge in [-0.25, -0.2) is 19.8 Å². The van der Waals surface area contributed by atoms with Gasteiger partial charge >= 0.3 is 0 Å². The molecule has 30 heavy (non-hydrogen) atoms. The molecule has 0 aliphatic carbocycles. The zero-order valence-electron chi connectivity index (χ0n) is 16.3.